The molecule has 0 spiro atoms. The van der Waals surface area contributed by atoms with Gasteiger partial charge in [-0.05, 0) is 24.5 Å². The smallest absolute Gasteiger partial charge is 0.342 e. The molecule has 7 heteroatoms. The molecule has 2 rings (SSSR count). The van der Waals surface area contributed by atoms with Crippen molar-refractivity contribution >= 4 is 23.7 Å². The molecular formula is C22H27NO6. The maximum atomic E-state index is 12.4. The minimum Gasteiger partial charge on any atom is -0.507 e. The number of amides is 1. The van der Waals surface area contributed by atoms with Crippen LogP contribution in [0.3, 0.4) is 0 Å². The Morgan fingerprint density at radius 3 is 2.79 bits per heavy atom. The quantitative estimate of drug-likeness (QED) is 0.616. The van der Waals surface area contributed by atoms with Crippen LogP contribution >= 0.6 is 0 Å². The number of benzene rings is 1. The summed E-state index contributed by atoms with van der Waals surface area (Å²) in [6.07, 6.45) is 9.07. The Morgan fingerprint density at radius 1 is 1.24 bits per heavy atom. The van der Waals surface area contributed by atoms with Crippen molar-refractivity contribution in [2.45, 2.75) is 32.6 Å². The van der Waals surface area contributed by atoms with E-state index in [4.69, 9.17) is 9.47 Å². The Labute approximate surface area is 170 Å². The van der Waals surface area contributed by atoms with E-state index in [1.54, 1.807) is 31.3 Å². The first kappa shape index (κ1) is 22.2. The molecule has 1 aromatic carbocycles. The van der Waals surface area contributed by atoms with Gasteiger partial charge in [0.05, 0.1) is 6.54 Å². The first-order valence-electron chi connectivity index (χ1n) is 9.60. The minimum atomic E-state index is -0.655. The Kier molecular flexibility index (Phi) is 8.45. The van der Waals surface area contributed by atoms with Gasteiger partial charge < -0.3 is 19.5 Å². The second-order valence-corrected chi connectivity index (χ2v) is 6.80. The lowest BCUT2D eigenvalue weighted by molar-refractivity contribution is -0.127. The largest absolute Gasteiger partial charge is 0.507 e. The van der Waals surface area contributed by atoms with Crippen LogP contribution in [0.15, 0.2) is 30.4 Å². The number of fused-ring (bicyclic) bond motifs is 1. The molecule has 0 aromatic heterocycles. The van der Waals surface area contributed by atoms with Gasteiger partial charge in [0.1, 0.15) is 36.1 Å². The molecule has 1 aliphatic heterocycles. The van der Waals surface area contributed by atoms with E-state index >= 15 is 0 Å². The van der Waals surface area contributed by atoms with Crippen molar-refractivity contribution in [2.75, 3.05) is 26.8 Å². The van der Waals surface area contributed by atoms with Crippen LogP contribution in [0.1, 0.15) is 48.5 Å². The molecule has 0 saturated carbocycles. The molecular weight excluding hydrogens is 374 g/mol. The van der Waals surface area contributed by atoms with Gasteiger partial charge in [0.15, 0.2) is 0 Å². The fourth-order valence-electron chi connectivity index (χ4n) is 2.73. The predicted octanol–water partition coefficient (Wildman–Crippen LogP) is 3.12. The number of carbonyl (C=O) groups excluding carboxylic acids is 3. The van der Waals surface area contributed by atoms with Crippen LogP contribution in [-0.2, 0) is 14.3 Å². The SMILES string of the molecule is CC(=O)N(C)CCOc1cc(O)c2c(c1)C=CCCCC(=O)CC=CCOC2=O. The number of rotatable bonds is 4. The molecule has 1 aromatic rings. The highest BCUT2D eigenvalue weighted by molar-refractivity contribution is 5.97. The standard InChI is InChI=1S/C22H27NO6/c1-16(24)23(2)11-13-28-19-14-17-8-4-3-5-9-18(25)10-6-7-12-29-22(27)21(17)20(26)15-19/h4,6-8,14-15,26H,3,5,9-13H2,1-2H3. The number of phenols is 1. The molecule has 7 nitrogen and oxygen atoms in total. The summed E-state index contributed by atoms with van der Waals surface area (Å²) in [5, 5.41) is 10.4. The van der Waals surface area contributed by atoms with Gasteiger partial charge in [-0.3, -0.25) is 9.59 Å². The molecule has 0 atom stereocenters. The van der Waals surface area contributed by atoms with Gasteiger partial charge in [-0.1, -0.05) is 24.3 Å². The van der Waals surface area contributed by atoms with Crippen molar-refractivity contribution in [2.24, 2.45) is 0 Å². The molecule has 1 amide bonds. The third-order valence-corrected chi connectivity index (χ3v) is 4.51. The number of ether oxygens (including phenoxy) is 2. The molecule has 0 aliphatic carbocycles. The Bertz CT molecular complexity index is 812. The van der Waals surface area contributed by atoms with Crippen LogP contribution in [0.25, 0.3) is 6.08 Å². The number of allylic oxidation sites excluding steroid dienone is 2. The van der Waals surface area contributed by atoms with Crippen molar-refractivity contribution in [1.29, 1.82) is 0 Å². The van der Waals surface area contributed by atoms with E-state index in [0.29, 0.717) is 43.5 Å². The lowest BCUT2D eigenvalue weighted by Gasteiger charge is -2.16. The Hall–Kier alpha value is -3.09. The van der Waals surface area contributed by atoms with Gasteiger partial charge in [0, 0.05) is 32.9 Å². The van der Waals surface area contributed by atoms with Crippen molar-refractivity contribution in [1.82, 2.24) is 4.90 Å². The normalized spacial score (nSPS) is 15.2. The van der Waals surface area contributed by atoms with Crippen molar-refractivity contribution < 1.29 is 29.0 Å². The van der Waals surface area contributed by atoms with Crippen LogP contribution in [0.2, 0.25) is 0 Å². The third-order valence-electron chi connectivity index (χ3n) is 4.51. The first-order valence-corrected chi connectivity index (χ1v) is 9.60. The van der Waals surface area contributed by atoms with Crippen molar-refractivity contribution in [3.8, 4) is 11.5 Å². The summed E-state index contributed by atoms with van der Waals surface area (Å²) in [7, 11) is 1.67. The zero-order chi connectivity index (χ0) is 21.2. The molecule has 0 fully saturated rings. The summed E-state index contributed by atoms with van der Waals surface area (Å²) in [4.78, 5) is 37.0. The van der Waals surface area contributed by atoms with E-state index in [0.717, 1.165) is 0 Å². The number of ketones is 1. The van der Waals surface area contributed by atoms with Crippen LogP contribution in [0, 0.1) is 0 Å². The summed E-state index contributed by atoms with van der Waals surface area (Å²) in [6.45, 7) is 2.13. The number of phenolic OH excluding ortho intramolecular Hbond substituents is 1. The fourth-order valence-corrected chi connectivity index (χ4v) is 2.73. The lowest BCUT2D eigenvalue weighted by atomic mass is 10.0. The van der Waals surface area contributed by atoms with E-state index in [1.165, 1.54) is 17.9 Å². The van der Waals surface area contributed by atoms with E-state index in [9.17, 15) is 19.5 Å². The highest BCUT2D eigenvalue weighted by Gasteiger charge is 2.19. The van der Waals surface area contributed by atoms with E-state index in [1.807, 2.05) is 6.08 Å². The number of Topliss-reactive ketones (excluding diaryl/α,β-unsaturated/α-hetero) is 1. The number of hydrogen-bond donors (Lipinski definition) is 1. The first-order chi connectivity index (χ1) is 13.9. The van der Waals surface area contributed by atoms with Gasteiger partial charge in [-0.2, -0.15) is 0 Å². The van der Waals surface area contributed by atoms with Crippen LogP contribution in [0.4, 0.5) is 0 Å². The van der Waals surface area contributed by atoms with Gasteiger partial charge >= 0.3 is 5.97 Å². The molecule has 1 N–H and O–H groups in total. The maximum absolute atomic E-state index is 12.4. The topological polar surface area (TPSA) is 93.1 Å². The molecule has 29 heavy (non-hydrogen) atoms. The highest BCUT2D eigenvalue weighted by Crippen LogP contribution is 2.30. The molecule has 0 bridgehead atoms. The zero-order valence-electron chi connectivity index (χ0n) is 16.8. The molecule has 0 radical (unpaired) electrons. The average molecular weight is 401 g/mol. The van der Waals surface area contributed by atoms with Crippen molar-refractivity contribution in [3.63, 3.8) is 0 Å². The van der Waals surface area contributed by atoms with Gasteiger partial charge in [-0.15, -0.1) is 0 Å². The number of carbonyl (C=O) groups is 3. The summed E-state index contributed by atoms with van der Waals surface area (Å²) >= 11 is 0. The number of esters is 1. The molecule has 156 valence electrons. The number of hydrogen-bond acceptors (Lipinski definition) is 6. The fraction of sp³-hybridized carbons (Fsp3) is 0.409. The van der Waals surface area contributed by atoms with E-state index < -0.39 is 5.97 Å². The molecule has 0 unspecified atom stereocenters. The summed E-state index contributed by atoms with van der Waals surface area (Å²) in [5.41, 5.74) is 0.535. The monoisotopic (exact) mass is 401 g/mol. The molecule has 0 saturated heterocycles. The Morgan fingerprint density at radius 2 is 2.03 bits per heavy atom. The Balaban J connectivity index is 2.21. The number of likely N-dealkylation sites (N-methyl/N-ethyl adjacent to an activating group) is 1. The van der Waals surface area contributed by atoms with Crippen LogP contribution in [0.5, 0.6) is 11.5 Å². The third kappa shape index (κ3) is 7.10. The predicted molar refractivity (Wildman–Crippen MR) is 109 cm³/mol. The highest BCUT2D eigenvalue weighted by atomic mass is 16.5. The zero-order valence-corrected chi connectivity index (χ0v) is 16.8. The number of aromatic hydroxyl groups is 1. The summed E-state index contributed by atoms with van der Waals surface area (Å²) in [5.74, 6) is -0.440. The van der Waals surface area contributed by atoms with Crippen LogP contribution in [-0.4, -0.2) is 54.5 Å². The second-order valence-electron chi connectivity index (χ2n) is 6.80. The van der Waals surface area contributed by atoms with E-state index in [2.05, 4.69) is 0 Å². The molecule has 1 heterocycles. The molecule has 1 aliphatic rings. The van der Waals surface area contributed by atoms with Gasteiger partial charge in [0.2, 0.25) is 5.91 Å². The summed E-state index contributed by atoms with van der Waals surface area (Å²) < 4.78 is 10.8. The van der Waals surface area contributed by atoms with Gasteiger partial charge in [0.25, 0.3) is 0 Å². The average Bonchev–Trinajstić information content (AvgIpc) is 2.66. The second kappa shape index (κ2) is 11.0. The number of cyclic esters (lactones) is 1. The van der Waals surface area contributed by atoms with Gasteiger partial charge in [-0.25, -0.2) is 4.79 Å². The minimum absolute atomic E-state index is 0.0182. The van der Waals surface area contributed by atoms with Crippen molar-refractivity contribution in [3.05, 3.63) is 41.5 Å². The van der Waals surface area contributed by atoms with Crippen LogP contribution < -0.4 is 4.74 Å². The maximum Gasteiger partial charge on any atom is 0.342 e. The van der Waals surface area contributed by atoms with E-state index in [-0.39, 0.29) is 36.2 Å². The summed E-state index contributed by atoms with van der Waals surface area (Å²) in [6, 6.07) is 3.01. The lowest BCUT2D eigenvalue weighted by Crippen LogP contribution is -2.28. The number of nitrogens with zero attached hydrogens (tertiary/aromatic N) is 1.